The average molecular weight is 370 g/mol. The van der Waals surface area contributed by atoms with Gasteiger partial charge >= 0.3 is 0 Å². The smallest absolute Gasteiger partial charge is 0.262 e. The Hall–Kier alpha value is -2.58. The van der Waals surface area contributed by atoms with Crippen molar-refractivity contribution in [2.75, 3.05) is 6.54 Å². The van der Waals surface area contributed by atoms with Crippen molar-refractivity contribution in [2.45, 2.75) is 50.9 Å². The number of piperidine rings is 1. The van der Waals surface area contributed by atoms with Crippen LogP contribution >= 0.6 is 0 Å². The Labute approximate surface area is 156 Å². The molecule has 3 atom stereocenters. The number of nitrogens with one attached hydrogen (secondary N) is 3. The summed E-state index contributed by atoms with van der Waals surface area (Å²) in [6.45, 7) is 3.72. The molecule has 3 aliphatic heterocycles. The van der Waals surface area contributed by atoms with Crippen LogP contribution in [0.3, 0.4) is 0 Å². The van der Waals surface area contributed by atoms with E-state index >= 15 is 0 Å². The second kappa shape index (κ2) is 6.86. The fourth-order valence-electron chi connectivity index (χ4n) is 4.01. The molecule has 3 heterocycles. The standard InChI is InChI=1S/C19H22N4O4/c1-10-14(6-7-20-10)21-9-11-2-3-12-13(8-11)19(27)23(18(12)26)15-4-5-16(24)22-17(15)25/h2-3,8,10,14-15,20-21H,4-7,9H2,1H3,(H,22,24,25)/t10-,14+,15?/m0/s1. The second-order valence-electron chi connectivity index (χ2n) is 7.35. The Bertz CT molecular complexity index is 837. The maximum Gasteiger partial charge on any atom is 0.262 e. The monoisotopic (exact) mass is 370 g/mol. The third-order valence-electron chi connectivity index (χ3n) is 5.60. The average Bonchev–Trinajstić information content (AvgIpc) is 3.15. The van der Waals surface area contributed by atoms with Crippen LogP contribution in [0.25, 0.3) is 0 Å². The molecule has 1 aromatic carbocycles. The fraction of sp³-hybridized carbons (Fsp3) is 0.474. The number of carbonyl (C=O) groups is 4. The van der Waals surface area contributed by atoms with Crippen LogP contribution in [-0.2, 0) is 16.1 Å². The van der Waals surface area contributed by atoms with Crippen molar-refractivity contribution in [1.82, 2.24) is 20.9 Å². The maximum atomic E-state index is 12.8. The van der Waals surface area contributed by atoms with E-state index in [0.29, 0.717) is 29.8 Å². The van der Waals surface area contributed by atoms with Crippen LogP contribution in [0.4, 0.5) is 0 Å². The normalized spacial score (nSPS) is 27.9. The van der Waals surface area contributed by atoms with Gasteiger partial charge in [-0.05, 0) is 44.0 Å². The minimum Gasteiger partial charge on any atom is -0.313 e. The molecule has 2 fully saturated rings. The molecule has 8 heteroatoms. The summed E-state index contributed by atoms with van der Waals surface area (Å²) < 4.78 is 0. The van der Waals surface area contributed by atoms with Crippen molar-refractivity contribution >= 4 is 23.6 Å². The lowest BCUT2D eigenvalue weighted by molar-refractivity contribution is -0.136. The molecule has 0 radical (unpaired) electrons. The quantitative estimate of drug-likeness (QED) is 0.641. The number of carbonyl (C=O) groups excluding carboxylic acids is 4. The molecular formula is C19H22N4O4. The van der Waals surface area contributed by atoms with E-state index in [-0.39, 0.29) is 18.7 Å². The van der Waals surface area contributed by atoms with Crippen LogP contribution in [0.2, 0.25) is 0 Å². The van der Waals surface area contributed by atoms with E-state index in [1.54, 1.807) is 12.1 Å². The molecule has 1 aromatic rings. The Morgan fingerprint density at radius 2 is 1.89 bits per heavy atom. The van der Waals surface area contributed by atoms with Crippen LogP contribution in [0.5, 0.6) is 0 Å². The Kier molecular flexibility index (Phi) is 4.53. The Morgan fingerprint density at radius 3 is 2.59 bits per heavy atom. The lowest BCUT2D eigenvalue weighted by Crippen LogP contribution is -2.54. The van der Waals surface area contributed by atoms with E-state index < -0.39 is 23.8 Å². The van der Waals surface area contributed by atoms with Gasteiger partial charge in [0.2, 0.25) is 11.8 Å². The van der Waals surface area contributed by atoms with Crippen LogP contribution in [-0.4, -0.2) is 53.2 Å². The first-order valence-electron chi connectivity index (χ1n) is 9.27. The SMILES string of the molecule is C[C@@H]1NCC[C@H]1NCc1ccc2c(c1)C(=O)N(C1CCC(=O)NC1=O)C2=O. The van der Waals surface area contributed by atoms with Crippen molar-refractivity contribution in [3.8, 4) is 0 Å². The van der Waals surface area contributed by atoms with Gasteiger partial charge in [0, 0.05) is 25.0 Å². The molecule has 3 aliphatic rings. The van der Waals surface area contributed by atoms with Gasteiger partial charge in [-0.1, -0.05) is 6.07 Å². The predicted octanol–water partition coefficient (Wildman–Crippen LogP) is -0.0722. The zero-order valence-corrected chi connectivity index (χ0v) is 15.1. The molecule has 2 saturated heterocycles. The zero-order valence-electron chi connectivity index (χ0n) is 15.1. The molecule has 142 valence electrons. The summed E-state index contributed by atoms with van der Waals surface area (Å²) in [5.74, 6) is -1.91. The number of benzene rings is 1. The minimum atomic E-state index is -0.929. The summed E-state index contributed by atoms with van der Waals surface area (Å²) in [6.07, 6.45) is 1.33. The fourth-order valence-corrected chi connectivity index (χ4v) is 4.01. The first kappa shape index (κ1) is 17.8. The van der Waals surface area contributed by atoms with Gasteiger partial charge in [0.1, 0.15) is 6.04 Å². The molecular weight excluding hydrogens is 348 g/mol. The minimum absolute atomic E-state index is 0.118. The van der Waals surface area contributed by atoms with Crippen molar-refractivity contribution < 1.29 is 19.2 Å². The van der Waals surface area contributed by atoms with Gasteiger partial charge in [-0.25, -0.2) is 0 Å². The number of hydrogen-bond acceptors (Lipinski definition) is 6. The molecule has 4 amide bonds. The third-order valence-corrected chi connectivity index (χ3v) is 5.60. The van der Waals surface area contributed by atoms with Crippen molar-refractivity contribution in [3.63, 3.8) is 0 Å². The predicted molar refractivity (Wildman–Crippen MR) is 95.8 cm³/mol. The highest BCUT2D eigenvalue weighted by Gasteiger charge is 2.44. The van der Waals surface area contributed by atoms with Gasteiger partial charge in [0.15, 0.2) is 0 Å². The van der Waals surface area contributed by atoms with Gasteiger partial charge in [-0.2, -0.15) is 0 Å². The van der Waals surface area contributed by atoms with Crippen LogP contribution in [0.1, 0.15) is 52.5 Å². The van der Waals surface area contributed by atoms with Crippen molar-refractivity contribution in [3.05, 3.63) is 34.9 Å². The van der Waals surface area contributed by atoms with Crippen LogP contribution in [0.15, 0.2) is 18.2 Å². The van der Waals surface area contributed by atoms with Gasteiger partial charge in [-0.3, -0.25) is 29.4 Å². The first-order chi connectivity index (χ1) is 13.0. The number of rotatable bonds is 4. The van der Waals surface area contributed by atoms with Gasteiger partial charge in [0.25, 0.3) is 11.8 Å². The van der Waals surface area contributed by atoms with Crippen molar-refractivity contribution in [2.24, 2.45) is 0 Å². The Morgan fingerprint density at radius 1 is 1.11 bits per heavy atom. The number of nitrogens with zero attached hydrogens (tertiary/aromatic N) is 1. The number of hydrogen-bond donors (Lipinski definition) is 3. The summed E-state index contributed by atoms with van der Waals surface area (Å²) >= 11 is 0. The van der Waals surface area contributed by atoms with E-state index in [2.05, 4.69) is 22.9 Å². The van der Waals surface area contributed by atoms with E-state index in [4.69, 9.17) is 0 Å². The summed E-state index contributed by atoms with van der Waals surface area (Å²) in [5, 5.41) is 9.06. The summed E-state index contributed by atoms with van der Waals surface area (Å²) in [4.78, 5) is 49.9. The first-order valence-corrected chi connectivity index (χ1v) is 9.27. The largest absolute Gasteiger partial charge is 0.313 e. The molecule has 0 aromatic heterocycles. The molecule has 0 saturated carbocycles. The molecule has 0 aliphatic carbocycles. The maximum absolute atomic E-state index is 12.8. The van der Waals surface area contributed by atoms with Gasteiger partial charge in [0.05, 0.1) is 11.1 Å². The van der Waals surface area contributed by atoms with Crippen LogP contribution < -0.4 is 16.0 Å². The van der Waals surface area contributed by atoms with E-state index in [0.717, 1.165) is 23.4 Å². The number of fused-ring (bicyclic) bond motifs is 1. The molecule has 3 N–H and O–H groups in total. The molecule has 0 bridgehead atoms. The highest BCUT2D eigenvalue weighted by molar-refractivity contribution is 6.23. The summed E-state index contributed by atoms with van der Waals surface area (Å²) in [6, 6.07) is 5.04. The second-order valence-corrected chi connectivity index (χ2v) is 7.35. The van der Waals surface area contributed by atoms with Gasteiger partial charge in [-0.15, -0.1) is 0 Å². The lowest BCUT2D eigenvalue weighted by Gasteiger charge is -2.27. The van der Waals surface area contributed by atoms with Crippen LogP contribution in [0, 0.1) is 0 Å². The summed E-state index contributed by atoms with van der Waals surface area (Å²) in [5.41, 5.74) is 1.55. The third kappa shape index (κ3) is 3.15. The molecule has 0 spiro atoms. The van der Waals surface area contributed by atoms with E-state index in [1.807, 2.05) is 6.07 Å². The topological polar surface area (TPSA) is 108 Å². The number of imide groups is 2. The molecule has 27 heavy (non-hydrogen) atoms. The van der Waals surface area contributed by atoms with E-state index in [1.165, 1.54) is 0 Å². The molecule has 8 nitrogen and oxygen atoms in total. The molecule has 1 unspecified atom stereocenters. The highest BCUT2D eigenvalue weighted by Crippen LogP contribution is 2.28. The zero-order chi connectivity index (χ0) is 19.1. The highest BCUT2D eigenvalue weighted by atomic mass is 16.2. The Balaban J connectivity index is 1.51. The van der Waals surface area contributed by atoms with Crippen molar-refractivity contribution in [1.29, 1.82) is 0 Å². The summed E-state index contributed by atoms with van der Waals surface area (Å²) in [7, 11) is 0. The number of amides is 4. The van der Waals surface area contributed by atoms with E-state index in [9.17, 15) is 19.2 Å². The van der Waals surface area contributed by atoms with Gasteiger partial charge < -0.3 is 10.6 Å². The lowest BCUT2D eigenvalue weighted by atomic mass is 10.0. The molecule has 4 rings (SSSR count).